The van der Waals surface area contributed by atoms with E-state index in [1.807, 2.05) is 78.9 Å². The lowest BCUT2D eigenvalue weighted by atomic mass is 10.2. The number of ether oxygens (including phenoxy) is 2. The molecule has 0 spiro atoms. The molecule has 28 heavy (non-hydrogen) atoms. The molecule has 5 nitrogen and oxygen atoms in total. The Labute approximate surface area is 163 Å². The summed E-state index contributed by atoms with van der Waals surface area (Å²) in [6, 6.07) is 25.5. The topological polar surface area (TPSA) is 57.1 Å². The highest BCUT2D eigenvalue weighted by Crippen LogP contribution is 2.21. The quantitative estimate of drug-likeness (QED) is 0.473. The third kappa shape index (κ3) is 4.71. The van der Waals surface area contributed by atoms with Crippen LogP contribution in [0.1, 0.15) is 11.1 Å². The highest BCUT2D eigenvalue weighted by molar-refractivity contribution is 5.58. The second-order valence-corrected chi connectivity index (χ2v) is 6.18. The fourth-order valence-corrected chi connectivity index (χ4v) is 2.66. The molecule has 0 aliphatic heterocycles. The van der Waals surface area contributed by atoms with Gasteiger partial charge in [0.15, 0.2) is 0 Å². The maximum Gasteiger partial charge on any atom is 0.217 e. The van der Waals surface area contributed by atoms with Gasteiger partial charge in [0.25, 0.3) is 0 Å². The Balaban J connectivity index is 1.39. The lowest BCUT2D eigenvalue weighted by Crippen LogP contribution is -1.99. The monoisotopic (exact) mass is 369 g/mol. The van der Waals surface area contributed by atoms with Crippen molar-refractivity contribution in [1.29, 1.82) is 0 Å². The molecular weight excluding hydrogens is 350 g/mol. The van der Waals surface area contributed by atoms with E-state index in [2.05, 4.69) is 15.0 Å². The van der Waals surface area contributed by atoms with Gasteiger partial charge in [0.05, 0.1) is 5.69 Å². The van der Waals surface area contributed by atoms with Crippen LogP contribution in [0.25, 0.3) is 11.3 Å². The summed E-state index contributed by atoms with van der Waals surface area (Å²) in [6.45, 7) is 0.944. The first kappa shape index (κ1) is 17.7. The van der Waals surface area contributed by atoms with Crippen LogP contribution >= 0.6 is 0 Å². The van der Waals surface area contributed by atoms with E-state index >= 15 is 0 Å². The highest BCUT2D eigenvalue weighted by atomic mass is 16.5. The van der Waals surface area contributed by atoms with Crippen molar-refractivity contribution in [3.05, 3.63) is 103 Å². The Morgan fingerprint density at radius 3 is 1.86 bits per heavy atom. The van der Waals surface area contributed by atoms with Gasteiger partial charge >= 0.3 is 0 Å². The molecule has 0 saturated carbocycles. The molecule has 4 aromatic rings. The van der Waals surface area contributed by atoms with Crippen molar-refractivity contribution >= 4 is 0 Å². The van der Waals surface area contributed by atoms with E-state index in [0.717, 1.165) is 22.4 Å². The second-order valence-electron chi connectivity index (χ2n) is 6.18. The molecule has 0 saturated heterocycles. The molecule has 0 N–H and O–H groups in total. The number of aromatic nitrogens is 3. The number of hydrogen-bond donors (Lipinski definition) is 0. The van der Waals surface area contributed by atoms with Crippen molar-refractivity contribution in [2.45, 2.75) is 13.2 Å². The Morgan fingerprint density at radius 1 is 0.607 bits per heavy atom. The fourth-order valence-electron chi connectivity index (χ4n) is 2.66. The average Bonchev–Trinajstić information content (AvgIpc) is 2.78. The molecule has 4 rings (SSSR count). The normalized spacial score (nSPS) is 10.4. The molecule has 0 bridgehead atoms. The molecular formula is C23H19N3O2. The van der Waals surface area contributed by atoms with Gasteiger partial charge in [-0.2, -0.15) is 0 Å². The third-order valence-electron chi connectivity index (χ3n) is 4.13. The Kier molecular flexibility index (Phi) is 5.54. The summed E-state index contributed by atoms with van der Waals surface area (Å²) in [5.41, 5.74) is 3.81. The maximum atomic E-state index is 5.77. The molecule has 2 aromatic heterocycles. The van der Waals surface area contributed by atoms with Crippen LogP contribution in [-0.2, 0) is 13.2 Å². The lowest BCUT2D eigenvalue weighted by Gasteiger charge is -2.08. The van der Waals surface area contributed by atoms with Crippen molar-refractivity contribution in [3.8, 4) is 23.0 Å². The van der Waals surface area contributed by atoms with Gasteiger partial charge in [-0.1, -0.05) is 60.7 Å². The van der Waals surface area contributed by atoms with Crippen LogP contribution < -0.4 is 9.47 Å². The van der Waals surface area contributed by atoms with Crippen molar-refractivity contribution in [2.75, 3.05) is 0 Å². The van der Waals surface area contributed by atoms with E-state index in [4.69, 9.17) is 9.47 Å². The minimum atomic E-state index is 0.460. The molecule has 0 aliphatic rings. The van der Waals surface area contributed by atoms with Gasteiger partial charge in [-0.05, 0) is 17.2 Å². The minimum absolute atomic E-state index is 0.460. The van der Waals surface area contributed by atoms with Crippen LogP contribution in [0.4, 0.5) is 0 Å². The number of benzene rings is 2. The van der Waals surface area contributed by atoms with E-state index < -0.39 is 0 Å². The highest BCUT2D eigenvalue weighted by Gasteiger charge is 2.05. The van der Waals surface area contributed by atoms with Gasteiger partial charge in [0, 0.05) is 23.9 Å². The van der Waals surface area contributed by atoms with E-state index in [0.29, 0.717) is 25.0 Å². The average molecular weight is 369 g/mol. The van der Waals surface area contributed by atoms with Gasteiger partial charge in [0.2, 0.25) is 11.8 Å². The second kappa shape index (κ2) is 8.77. The van der Waals surface area contributed by atoms with Crippen molar-refractivity contribution in [1.82, 2.24) is 15.0 Å². The molecule has 0 amide bonds. The van der Waals surface area contributed by atoms with Crippen LogP contribution in [0.2, 0.25) is 0 Å². The third-order valence-corrected chi connectivity index (χ3v) is 4.13. The zero-order valence-electron chi connectivity index (χ0n) is 15.2. The molecule has 138 valence electrons. The summed E-state index contributed by atoms with van der Waals surface area (Å²) in [5.74, 6) is 1.10. The summed E-state index contributed by atoms with van der Waals surface area (Å²) >= 11 is 0. The van der Waals surface area contributed by atoms with E-state index in [9.17, 15) is 0 Å². The molecule has 0 fully saturated rings. The first-order valence-electron chi connectivity index (χ1n) is 8.99. The summed E-state index contributed by atoms with van der Waals surface area (Å²) in [7, 11) is 0. The zero-order chi connectivity index (χ0) is 19.0. The maximum absolute atomic E-state index is 5.77. The predicted molar refractivity (Wildman–Crippen MR) is 107 cm³/mol. The van der Waals surface area contributed by atoms with Gasteiger partial charge in [-0.3, -0.25) is 0 Å². The molecule has 2 heterocycles. The van der Waals surface area contributed by atoms with Gasteiger partial charge in [0.1, 0.15) is 19.5 Å². The first-order chi connectivity index (χ1) is 13.9. The van der Waals surface area contributed by atoms with Crippen molar-refractivity contribution < 1.29 is 9.47 Å². The van der Waals surface area contributed by atoms with Crippen LogP contribution in [0.5, 0.6) is 11.8 Å². The van der Waals surface area contributed by atoms with Crippen LogP contribution in [0, 0.1) is 0 Å². The van der Waals surface area contributed by atoms with E-state index in [1.54, 1.807) is 6.20 Å². The van der Waals surface area contributed by atoms with Crippen LogP contribution in [-0.4, -0.2) is 15.0 Å². The Morgan fingerprint density at radius 2 is 1.25 bits per heavy atom. The van der Waals surface area contributed by atoms with Gasteiger partial charge in [-0.25, -0.2) is 15.0 Å². The van der Waals surface area contributed by atoms with E-state index in [-0.39, 0.29) is 0 Å². The first-order valence-corrected chi connectivity index (χ1v) is 8.99. The Hall–Kier alpha value is -3.73. The van der Waals surface area contributed by atoms with Crippen molar-refractivity contribution in [2.24, 2.45) is 0 Å². The van der Waals surface area contributed by atoms with Crippen LogP contribution in [0.15, 0.2) is 91.4 Å². The van der Waals surface area contributed by atoms with Crippen molar-refractivity contribution in [3.63, 3.8) is 0 Å². The molecule has 0 unspecified atom stereocenters. The zero-order valence-corrected chi connectivity index (χ0v) is 15.2. The number of hydrogen-bond acceptors (Lipinski definition) is 5. The van der Waals surface area contributed by atoms with E-state index in [1.165, 1.54) is 6.33 Å². The van der Waals surface area contributed by atoms with Crippen LogP contribution in [0.3, 0.4) is 0 Å². The summed E-state index contributed by atoms with van der Waals surface area (Å²) < 4.78 is 11.5. The molecule has 0 radical (unpaired) electrons. The number of rotatable bonds is 7. The summed E-state index contributed by atoms with van der Waals surface area (Å²) in [6.07, 6.45) is 3.24. The fraction of sp³-hybridized carbons (Fsp3) is 0.0870. The SMILES string of the molecule is c1ccc(COc2ccc(-c3cc(OCc4ccccc4)ncn3)cn2)cc1. The molecule has 0 aliphatic carbocycles. The van der Waals surface area contributed by atoms with Gasteiger partial charge < -0.3 is 9.47 Å². The lowest BCUT2D eigenvalue weighted by molar-refractivity contribution is 0.293. The number of pyridine rings is 1. The Bertz CT molecular complexity index is 1010. The standard InChI is InChI=1S/C23H19N3O2/c1-3-7-18(8-4-1)15-27-22-12-11-20(14-24-22)21-13-23(26-17-25-21)28-16-19-9-5-2-6-10-19/h1-14,17H,15-16H2. The summed E-state index contributed by atoms with van der Waals surface area (Å²) in [4.78, 5) is 12.9. The molecule has 5 heteroatoms. The smallest absolute Gasteiger partial charge is 0.217 e. The predicted octanol–water partition coefficient (Wildman–Crippen LogP) is 4.70. The largest absolute Gasteiger partial charge is 0.473 e. The number of nitrogens with zero attached hydrogens (tertiary/aromatic N) is 3. The summed E-state index contributed by atoms with van der Waals surface area (Å²) in [5, 5.41) is 0. The molecule has 0 atom stereocenters. The molecule has 2 aromatic carbocycles. The minimum Gasteiger partial charge on any atom is -0.473 e. The van der Waals surface area contributed by atoms with Gasteiger partial charge in [-0.15, -0.1) is 0 Å².